The topological polar surface area (TPSA) is 0 Å². The molecule has 0 amide bonds. The van der Waals surface area contributed by atoms with Crippen LogP contribution in [0.5, 0.6) is 0 Å². The molecule has 352 valence electrons. The minimum atomic E-state index is 1.21. The number of allylic oxidation sites excluding steroid dienone is 3. The van der Waals surface area contributed by atoms with E-state index in [9.17, 15) is 0 Å². The Labute approximate surface area is 377 Å². The molecule has 0 spiro atoms. The van der Waals surface area contributed by atoms with E-state index in [-0.39, 0.29) is 0 Å². The van der Waals surface area contributed by atoms with Gasteiger partial charge in [-0.2, -0.15) is 0 Å². The molecule has 0 aromatic heterocycles. The van der Waals surface area contributed by atoms with Crippen molar-refractivity contribution in [3.63, 3.8) is 0 Å². The second-order valence-corrected chi connectivity index (χ2v) is 19.8. The van der Waals surface area contributed by atoms with Gasteiger partial charge >= 0.3 is 0 Å². The molecule has 0 aliphatic heterocycles. The number of rotatable bonds is 55. The molecule has 0 fully saturated rings. The Bertz CT molecular complexity index is 732. The Balaban J connectivity index is 3.10. The van der Waals surface area contributed by atoms with Crippen LogP contribution in [0.2, 0.25) is 0 Å². The first-order valence-electron chi connectivity index (χ1n) is 28.7. The molecule has 0 saturated heterocycles. The average molecular weight is 826 g/mol. The fraction of sp³-hybridized carbons (Fsp3) is 0.932. The van der Waals surface area contributed by atoms with E-state index in [1.54, 1.807) is 0 Å². The molecule has 0 bridgehead atoms. The van der Waals surface area contributed by atoms with Crippen molar-refractivity contribution in [2.75, 3.05) is 0 Å². The number of unbranched alkanes of at least 4 members (excludes halogenated alkanes) is 52. The minimum absolute atomic E-state index is 1.21. The summed E-state index contributed by atoms with van der Waals surface area (Å²) in [6.07, 6.45) is 85.9. The third kappa shape index (κ3) is 57.5. The second kappa shape index (κ2) is 57.5. The van der Waals surface area contributed by atoms with Crippen LogP contribution in [0.1, 0.15) is 354 Å². The Morgan fingerprint density at radius 3 is 0.475 bits per heavy atom. The summed E-state index contributed by atoms with van der Waals surface area (Å²) < 4.78 is 0. The molecular formula is C59H116. The fourth-order valence-electron chi connectivity index (χ4n) is 9.43. The monoisotopic (exact) mass is 825 g/mol. The lowest BCUT2D eigenvalue weighted by Crippen LogP contribution is -1.85. The zero-order valence-corrected chi connectivity index (χ0v) is 41.6. The van der Waals surface area contributed by atoms with Crippen LogP contribution in [0, 0.1) is 0 Å². The van der Waals surface area contributed by atoms with Gasteiger partial charge in [0, 0.05) is 0 Å². The Morgan fingerprint density at radius 1 is 0.186 bits per heavy atom. The summed E-state index contributed by atoms with van der Waals surface area (Å²) in [6.45, 7) is 6.13. The van der Waals surface area contributed by atoms with Crippen molar-refractivity contribution in [2.45, 2.75) is 354 Å². The normalized spacial score (nSPS) is 11.7. The lowest BCUT2D eigenvalue weighted by molar-refractivity contribution is 0.515. The molecule has 0 rings (SSSR count). The average Bonchev–Trinajstić information content (AvgIpc) is 3.25. The van der Waals surface area contributed by atoms with E-state index in [1.807, 2.05) is 0 Å². The van der Waals surface area contributed by atoms with Gasteiger partial charge in [0.25, 0.3) is 0 Å². The Morgan fingerprint density at radius 2 is 0.322 bits per heavy atom. The van der Waals surface area contributed by atoms with Gasteiger partial charge in [0.05, 0.1) is 0 Å². The smallest absolute Gasteiger partial charge is 0.0351 e. The number of hydrogen-bond donors (Lipinski definition) is 0. The van der Waals surface area contributed by atoms with Gasteiger partial charge in [-0.3, -0.25) is 0 Å². The Hall–Kier alpha value is -0.520. The van der Waals surface area contributed by atoms with Crippen molar-refractivity contribution in [2.24, 2.45) is 0 Å². The summed E-state index contributed by atoms with van der Waals surface area (Å²) in [7, 11) is 0. The fourth-order valence-corrected chi connectivity index (χ4v) is 9.43. The zero-order valence-electron chi connectivity index (χ0n) is 41.6. The third-order valence-electron chi connectivity index (χ3n) is 13.7. The highest BCUT2D eigenvalue weighted by molar-refractivity contribution is 4.81. The maximum absolute atomic E-state index is 3.82. The highest BCUT2D eigenvalue weighted by atomic mass is 14.1. The van der Waals surface area contributed by atoms with Crippen molar-refractivity contribution in [1.29, 1.82) is 0 Å². The number of hydrogen-bond acceptors (Lipinski definition) is 0. The van der Waals surface area contributed by atoms with Gasteiger partial charge in [-0.25, -0.2) is 0 Å². The molecule has 0 saturated carbocycles. The van der Waals surface area contributed by atoms with Crippen molar-refractivity contribution >= 4 is 0 Å². The van der Waals surface area contributed by atoms with E-state index in [4.69, 9.17) is 0 Å². The van der Waals surface area contributed by atoms with E-state index < -0.39 is 0 Å². The van der Waals surface area contributed by atoms with Gasteiger partial charge in [-0.15, -0.1) is 6.58 Å². The first kappa shape index (κ1) is 58.5. The van der Waals surface area contributed by atoms with Gasteiger partial charge < -0.3 is 0 Å². The quantitative estimate of drug-likeness (QED) is 0.0423. The third-order valence-corrected chi connectivity index (χ3v) is 13.7. The Kier molecular flexibility index (Phi) is 57.0. The molecule has 0 aromatic rings. The van der Waals surface area contributed by atoms with E-state index in [0.29, 0.717) is 0 Å². The predicted molar refractivity (Wildman–Crippen MR) is 274 cm³/mol. The van der Waals surface area contributed by atoms with Gasteiger partial charge in [0.1, 0.15) is 0 Å². The van der Waals surface area contributed by atoms with Crippen LogP contribution in [0.15, 0.2) is 24.8 Å². The lowest BCUT2D eigenvalue weighted by atomic mass is 10.0. The van der Waals surface area contributed by atoms with Gasteiger partial charge in [0.15, 0.2) is 0 Å². The van der Waals surface area contributed by atoms with Crippen LogP contribution in [0.4, 0.5) is 0 Å². The zero-order chi connectivity index (χ0) is 42.3. The maximum Gasteiger partial charge on any atom is -0.0351 e. The summed E-state index contributed by atoms with van der Waals surface area (Å²) in [5.74, 6) is 0. The second-order valence-electron chi connectivity index (χ2n) is 19.8. The van der Waals surface area contributed by atoms with Gasteiger partial charge in [0.2, 0.25) is 0 Å². The predicted octanol–water partition coefficient (Wildman–Crippen LogP) is 22.8. The summed E-state index contributed by atoms with van der Waals surface area (Å²) in [4.78, 5) is 0. The van der Waals surface area contributed by atoms with Crippen molar-refractivity contribution in [1.82, 2.24) is 0 Å². The van der Waals surface area contributed by atoms with Crippen LogP contribution in [-0.4, -0.2) is 0 Å². The van der Waals surface area contributed by atoms with Crippen LogP contribution in [0.3, 0.4) is 0 Å². The van der Waals surface area contributed by atoms with E-state index in [1.165, 1.54) is 347 Å². The van der Waals surface area contributed by atoms with Crippen molar-refractivity contribution in [3.05, 3.63) is 24.8 Å². The van der Waals surface area contributed by atoms with Crippen LogP contribution >= 0.6 is 0 Å². The molecule has 0 aromatic carbocycles. The first-order chi connectivity index (χ1) is 29.4. The molecule has 0 heterocycles. The molecule has 0 aliphatic carbocycles. The largest absolute Gasteiger partial charge is 0.103 e. The van der Waals surface area contributed by atoms with E-state index >= 15 is 0 Å². The summed E-state index contributed by atoms with van der Waals surface area (Å²) in [5, 5.41) is 0. The lowest BCUT2D eigenvalue weighted by Gasteiger charge is -2.04. The molecule has 59 heavy (non-hydrogen) atoms. The highest BCUT2D eigenvalue weighted by Crippen LogP contribution is 2.19. The standard InChI is InChI=1S/C59H116/c1-3-5-7-9-11-13-15-17-19-21-23-25-27-29-31-33-35-37-39-41-43-45-47-49-51-53-55-57-59-58-56-54-52-50-48-46-44-42-40-38-36-34-32-30-28-26-24-22-20-18-16-14-12-10-8-6-4-2/h3,58-59H,1,4-57H2,2H3. The van der Waals surface area contributed by atoms with E-state index in [2.05, 4.69) is 31.7 Å². The summed E-state index contributed by atoms with van der Waals surface area (Å²) in [6, 6.07) is 0. The van der Waals surface area contributed by atoms with Crippen molar-refractivity contribution < 1.29 is 0 Å². The van der Waals surface area contributed by atoms with Gasteiger partial charge in [-0.05, 0) is 38.5 Å². The molecule has 0 radical (unpaired) electrons. The minimum Gasteiger partial charge on any atom is -0.103 e. The molecule has 0 aliphatic rings. The molecule has 0 unspecified atom stereocenters. The van der Waals surface area contributed by atoms with Crippen LogP contribution in [-0.2, 0) is 0 Å². The first-order valence-corrected chi connectivity index (χ1v) is 28.7. The van der Waals surface area contributed by atoms with Crippen molar-refractivity contribution in [3.8, 4) is 0 Å². The molecule has 0 N–H and O–H groups in total. The molecule has 0 nitrogen and oxygen atoms in total. The molecule has 0 atom stereocenters. The van der Waals surface area contributed by atoms with Crippen LogP contribution < -0.4 is 0 Å². The van der Waals surface area contributed by atoms with Crippen LogP contribution in [0.25, 0.3) is 0 Å². The molecule has 0 heteroatoms. The SMILES string of the molecule is C=CCCCCCCCCCCCCCCCCCCCCCCCCCCCC=CCCCCCCCCCCCCCCCCCCCCCCCCCCCC. The molecular weight excluding hydrogens is 709 g/mol. The maximum atomic E-state index is 3.82. The van der Waals surface area contributed by atoms with E-state index in [0.717, 1.165) is 0 Å². The highest BCUT2D eigenvalue weighted by Gasteiger charge is 1.99. The summed E-state index contributed by atoms with van der Waals surface area (Å²) >= 11 is 0. The summed E-state index contributed by atoms with van der Waals surface area (Å²) in [5.41, 5.74) is 0. The van der Waals surface area contributed by atoms with Gasteiger partial charge in [-0.1, -0.05) is 333 Å².